The van der Waals surface area contributed by atoms with Crippen LogP contribution in [0.15, 0.2) is 60.8 Å². The molecule has 0 spiro atoms. The fraction of sp³-hybridized carbons (Fsp3) is 0.158. The van der Waals surface area contributed by atoms with E-state index in [0.29, 0.717) is 16.5 Å². The first-order valence-corrected chi connectivity index (χ1v) is 8.64. The number of nitrogens with one attached hydrogen (secondary N) is 2. The lowest BCUT2D eigenvalue weighted by Crippen LogP contribution is -2.20. The van der Waals surface area contributed by atoms with Gasteiger partial charge in [0.15, 0.2) is 0 Å². The second-order valence-electron chi connectivity index (χ2n) is 5.19. The number of aromatic nitrogens is 2. The molecule has 9 heteroatoms. The van der Waals surface area contributed by atoms with Crippen LogP contribution < -0.4 is 10.6 Å². The van der Waals surface area contributed by atoms with Crippen molar-refractivity contribution in [2.45, 2.75) is 6.92 Å². The average molecular weight is 403 g/mol. The lowest BCUT2D eigenvalue weighted by atomic mass is 10.2. The van der Waals surface area contributed by atoms with Crippen LogP contribution in [0.5, 0.6) is 0 Å². The highest BCUT2D eigenvalue weighted by Crippen LogP contribution is 2.13. The first kappa shape index (κ1) is 20.9. The van der Waals surface area contributed by atoms with Gasteiger partial charge in [-0.1, -0.05) is 17.7 Å². The summed E-state index contributed by atoms with van der Waals surface area (Å²) >= 11 is 5.80. The van der Waals surface area contributed by atoms with E-state index in [0.717, 1.165) is 0 Å². The predicted octanol–water partition coefficient (Wildman–Crippen LogP) is 2.75. The Morgan fingerprint density at radius 2 is 1.96 bits per heavy atom. The maximum Gasteiger partial charge on any atom is 0.355 e. The van der Waals surface area contributed by atoms with E-state index in [2.05, 4.69) is 20.6 Å². The van der Waals surface area contributed by atoms with Crippen molar-refractivity contribution >= 4 is 34.9 Å². The first-order chi connectivity index (χ1) is 13.5. The van der Waals surface area contributed by atoms with Crippen LogP contribution in [0, 0.1) is 0 Å². The van der Waals surface area contributed by atoms with Gasteiger partial charge in [0.05, 0.1) is 24.4 Å². The Hall–Kier alpha value is -3.39. The molecule has 0 atom stereocenters. The Labute approximate surface area is 167 Å². The van der Waals surface area contributed by atoms with Crippen LogP contribution in [0.1, 0.15) is 12.6 Å². The molecule has 0 aliphatic rings. The summed E-state index contributed by atoms with van der Waals surface area (Å²) in [6.45, 7) is 1.90. The van der Waals surface area contributed by atoms with Gasteiger partial charge in [0, 0.05) is 24.8 Å². The molecule has 2 N–H and O–H groups in total. The number of rotatable bonds is 8. The number of nitrogens with zero attached hydrogens (tertiary/aromatic N) is 2. The fourth-order valence-electron chi connectivity index (χ4n) is 2.00. The van der Waals surface area contributed by atoms with Crippen LogP contribution in [0.4, 0.5) is 5.82 Å². The maximum absolute atomic E-state index is 12.3. The smallest absolute Gasteiger partial charge is 0.355 e. The van der Waals surface area contributed by atoms with Gasteiger partial charge >= 0.3 is 11.9 Å². The summed E-state index contributed by atoms with van der Waals surface area (Å²) in [6, 6.07) is 8.40. The van der Waals surface area contributed by atoms with E-state index >= 15 is 0 Å². The number of pyridine rings is 2. The zero-order chi connectivity index (χ0) is 20.4. The standard InChI is InChI=1S/C19H19ClN4O4/c1-3-28-18(25)14(15-6-4-5-9-21-15)11-22-16(19(26)27-2)12-24-17-8-7-13(20)10-23-17/h4-12,22H,3H2,1-2H3,(H,23,24)/b14-11+,16-12+. The molecule has 2 rings (SSSR count). The van der Waals surface area contributed by atoms with Crippen LogP contribution >= 0.6 is 11.6 Å². The summed E-state index contributed by atoms with van der Waals surface area (Å²) in [5.41, 5.74) is 0.587. The maximum atomic E-state index is 12.3. The van der Waals surface area contributed by atoms with Gasteiger partial charge in [-0.2, -0.15) is 0 Å². The third-order valence-corrected chi connectivity index (χ3v) is 3.53. The SMILES string of the molecule is CCOC(=O)/C(=C/N/C(=C/Nc1ccc(Cl)cn1)C(=O)OC)c1ccccn1. The van der Waals surface area contributed by atoms with Crippen molar-refractivity contribution in [2.75, 3.05) is 19.0 Å². The highest BCUT2D eigenvalue weighted by molar-refractivity contribution is 6.30. The fourth-order valence-corrected chi connectivity index (χ4v) is 2.11. The van der Waals surface area contributed by atoms with Gasteiger partial charge < -0.3 is 20.1 Å². The summed E-state index contributed by atoms with van der Waals surface area (Å²) in [5.74, 6) is -0.765. The van der Waals surface area contributed by atoms with Crippen LogP contribution in [-0.4, -0.2) is 35.6 Å². The number of hydrogen-bond acceptors (Lipinski definition) is 8. The zero-order valence-corrected chi connectivity index (χ0v) is 16.1. The van der Waals surface area contributed by atoms with E-state index in [4.69, 9.17) is 21.1 Å². The molecule has 28 heavy (non-hydrogen) atoms. The van der Waals surface area contributed by atoms with Gasteiger partial charge in [-0.15, -0.1) is 0 Å². The Bertz CT molecular complexity index is 867. The summed E-state index contributed by atoms with van der Waals surface area (Å²) in [4.78, 5) is 32.5. The third-order valence-electron chi connectivity index (χ3n) is 3.31. The molecule has 0 saturated carbocycles. The van der Waals surface area contributed by atoms with E-state index in [1.165, 1.54) is 25.7 Å². The molecule has 2 aromatic rings. The van der Waals surface area contributed by atoms with Crippen molar-refractivity contribution in [3.8, 4) is 0 Å². The molecule has 146 valence electrons. The molecule has 0 bridgehead atoms. The Morgan fingerprint density at radius 3 is 2.57 bits per heavy atom. The molecule has 0 unspecified atom stereocenters. The highest BCUT2D eigenvalue weighted by atomic mass is 35.5. The molecule has 0 saturated heterocycles. The lowest BCUT2D eigenvalue weighted by molar-refractivity contribution is -0.137. The van der Waals surface area contributed by atoms with Gasteiger partial charge in [0.2, 0.25) is 0 Å². The Kier molecular flexibility index (Phi) is 7.98. The zero-order valence-electron chi connectivity index (χ0n) is 15.3. The van der Waals surface area contributed by atoms with Gasteiger partial charge in [0.1, 0.15) is 17.1 Å². The molecule has 0 radical (unpaired) electrons. The van der Waals surface area contributed by atoms with Crippen LogP contribution in [0.25, 0.3) is 5.57 Å². The van der Waals surface area contributed by atoms with Crippen LogP contribution in [-0.2, 0) is 19.1 Å². The monoisotopic (exact) mass is 402 g/mol. The minimum absolute atomic E-state index is 0.0389. The molecule has 2 heterocycles. The predicted molar refractivity (Wildman–Crippen MR) is 105 cm³/mol. The Morgan fingerprint density at radius 1 is 1.14 bits per heavy atom. The quantitative estimate of drug-likeness (QED) is 0.513. The minimum atomic E-state index is -0.651. The molecular weight excluding hydrogens is 384 g/mol. The first-order valence-electron chi connectivity index (χ1n) is 8.27. The molecular formula is C19H19ClN4O4. The molecule has 2 aromatic heterocycles. The number of esters is 2. The minimum Gasteiger partial charge on any atom is -0.464 e. The highest BCUT2D eigenvalue weighted by Gasteiger charge is 2.16. The summed E-state index contributed by atoms with van der Waals surface area (Å²) in [5, 5.41) is 6.09. The normalized spacial score (nSPS) is 11.5. The van der Waals surface area contributed by atoms with Crippen molar-refractivity contribution in [2.24, 2.45) is 0 Å². The number of carbonyl (C=O) groups excluding carboxylic acids is 2. The van der Waals surface area contributed by atoms with E-state index in [1.54, 1.807) is 43.5 Å². The summed E-state index contributed by atoms with van der Waals surface area (Å²) in [6.07, 6.45) is 5.70. The summed E-state index contributed by atoms with van der Waals surface area (Å²) in [7, 11) is 1.24. The van der Waals surface area contributed by atoms with Crippen molar-refractivity contribution < 1.29 is 19.1 Å². The second kappa shape index (κ2) is 10.7. The number of carbonyl (C=O) groups is 2. The van der Waals surface area contributed by atoms with Gasteiger partial charge in [-0.05, 0) is 31.2 Å². The van der Waals surface area contributed by atoms with Crippen molar-refractivity contribution in [1.29, 1.82) is 0 Å². The van der Waals surface area contributed by atoms with Crippen molar-refractivity contribution in [3.05, 3.63) is 71.5 Å². The number of anilines is 1. The van der Waals surface area contributed by atoms with E-state index in [9.17, 15) is 9.59 Å². The molecule has 0 fully saturated rings. The van der Waals surface area contributed by atoms with E-state index in [-0.39, 0.29) is 17.9 Å². The van der Waals surface area contributed by atoms with E-state index in [1.807, 2.05) is 0 Å². The molecule has 0 aliphatic heterocycles. The average Bonchev–Trinajstić information content (AvgIpc) is 2.72. The molecule has 8 nitrogen and oxygen atoms in total. The van der Waals surface area contributed by atoms with Crippen LogP contribution in [0.3, 0.4) is 0 Å². The van der Waals surface area contributed by atoms with Crippen molar-refractivity contribution in [1.82, 2.24) is 15.3 Å². The van der Waals surface area contributed by atoms with Gasteiger partial charge in [0.25, 0.3) is 0 Å². The van der Waals surface area contributed by atoms with E-state index < -0.39 is 11.9 Å². The topological polar surface area (TPSA) is 102 Å². The van der Waals surface area contributed by atoms with Gasteiger partial charge in [-0.25, -0.2) is 14.6 Å². The van der Waals surface area contributed by atoms with Crippen molar-refractivity contribution in [3.63, 3.8) is 0 Å². The summed E-state index contributed by atoms with van der Waals surface area (Å²) < 4.78 is 9.81. The number of methoxy groups -OCH3 is 1. The van der Waals surface area contributed by atoms with Gasteiger partial charge in [-0.3, -0.25) is 4.98 Å². The Balaban J connectivity index is 2.27. The number of halogens is 1. The molecule has 0 aliphatic carbocycles. The largest absolute Gasteiger partial charge is 0.464 e. The number of hydrogen-bond donors (Lipinski definition) is 2. The van der Waals surface area contributed by atoms with Crippen LogP contribution in [0.2, 0.25) is 5.02 Å². The third kappa shape index (κ3) is 6.10. The number of ether oxygens (including phenoxy) is 2. The molecule has 0 aromatic carbocycles. The second-order valence-corrected chi connectivity index (χ2v) is 5.63. The lowest BCUT2D eigenvalue weighted by Gasteiger charge is -2.10. The molecule has 0 amide bonds.